The Bertz CT molecular complexity index is 385. The fourth-order valence-corrected chi connectivity index (χ4v) is 1.00. The molecule has 1 atom stereocenters. The highest BCUT2D eigenvalue weighted by Gasteiger charge is 2.19. The van der Waals surface area contributed by atoms with Gasteiger partial charge < -0.3 is 15.6 Å². The van der Waals surface area contributed by atoms with Crippen molar-refractivity contribution in [2.75, 3.05) is 5.73 Å². The Morgan fingerprint density at radius 3 is 2.44 bits per heavy atom. The monoisotopic (exact) mass is 223 g/mol. The van der Waals surface area contributed by atoms with Crippen LogP contribution in [0.2, 0.25) is 0 Å². The zero-order chi connectivity index (χ0) is 12.1. The largest absolute Gasteiger partial charge is 0.399 e. The average molecular weight is 223 g/mol. The van der Waals surface area contributed by atoms with Crippen LogP contribution in [0.25, 0.3) is 0 Å². The van der Waals surface area contributed by atoms with Gasteiger partial charge in [0.05, 0.1) is 5.56 Å². The summed E-state index contributed by atoms with van der Waals surface area (Å²) < 4.78 is 4.46. The second-order valence-corrected chi connectivity index (χ2v) is 3.25. The molecular weight excluding hydrogens is 210 g/mol. The first-order valence-corrected chi connectivity index (χ1v) is 4.84. The maximum Gasteiger partial charge on any atom is 0.345 e. The zero-order valence-corrected chi connectivity index (χ0v) is 8.84. The molecule has 0 saturated heterocycles. The van der Waals surface area contributed by atoms with Gasteiger partial charge in [0, 0.05) is 5.69 Å². The van der Waals surface area contributed by atoms with Gasteiger partial charge in [0.15, 0.2) is 6.10 Å². The molecule has 0 aliphatic heterocycles. The number of aliphatic hydroxyl groups excluding tert-OH is 1. The van der Waals surface area contributed by atoms with Crippen LogP contribution < -0.4 is 5.73 Å². The smallest absolute Gasteiger partial charge is 0.345 e. The van der Waals surface area contributed by atoms with Crippen LogP contribution in [0.3, 0.4) is 0 Å². The van der Waals surface area contributed by atoms with Gasteiger partial charge in [-0.2, -0.15) is 0 Å². The summed E-state index contributed by atoms with van der Waals surface area (Å²) in [6.07, 6.45) is -1.06. The molecule has 0 fully saturated rings. The summed E-state index contributed by atoms with van der Waals surface area (Å²) in [5.74, 6) is -1.73. The Balaban J connectivity index is 2.66. The van der Waals surface area contributed by atoms with E-state index in [2.05, 4.69) is 4.74 Å². The summed E-state index contributed by atoms with van der Waals surface area (Å²) >= 11 is 0. The number of hydrogen-bond donors (Lipinski definition) is 2. The highest BCUT2D eigenvalue weighted by Crippen LogP contribution is 2.07. The van der Waals surface area contributed by atoms with Gasteiger partial charge in [-0.05, 0) is 30.7 Å². The lowest BCUT2D eigenvalue weighted by molar-refractivity contribution is -0.147. The van der Waals surface area contributed by atoms with Gasteiger partial charge in [-0.25, -0.2) is 9.59 Å². The first-order chi connectivity index (χ1) is 7.54. The lowest BCUT2D eigenvalue weighted by Gasteiger charge is -2.06. The summed E-state index contributed by atoms with van der Waals surface area (Å²) in [5.41, 5.74) is 6.16. The van der Waals surface area contributed by atoms with Gasteiger partial charge in [-0.3, -0.25) is 0 Å². The summed E-state index contributed by atoms with van der Waals surface area (Å²) in [5, 5.41) is 9.12. The van der Waals surface area contributed by atoms with E-state index in [-0.39, 0.29) is 12.0 Å². The Kier molecular flexibility index (Phi) is 4.02. The van der Waals surface area contributed by atoms with Crippen molar-refractivity contribution in [3.8, 4) is 0 Å². The lowest BCUT2D eigenvalue weighted by Crippen LogP contribution is -2.25. The summed E-state index contributed by atoms with van der Waals surface area (Å²) in [6.45, 7) is 1.61. The van der Waals surface area contributed by atoms with Crippen molar-refractivity contribution in [3.63, 3.8) is 0 Å². The summed E-state index contributed by atoms with van der Waals surface area (Å²) in [4.78, 5) is 22.5. The summed E-state index contributed by atoms with van der Waals surface area (Å²) in [6, 6.07) is 5.95. The molecule has 5 heteroatoms. The van der Waals surface area contributed by atoms with Gasteiger partial charge >= 0.3 is 11.9 Å². The molecule has 5 nitrogen and oxygen atoms in total. The minimum absolute atomic E-state index is 0.202. The second-order valence-electron chi connectivity index (χ2n) is 3.25. The van der Waals surface area contributed by atoms with E-state index in [0.29, 0.717) is 5.69 Å². The highest BCUT2D eigenvalue weighted by atomic mass is 16.6. The minimum atomic E-state index is -1.27. The molecule has 1 unspecified atom stereocenters. The number of rotatable bonds is 3. The third kappa shape index (κ3) is 3.06. The number of esters is 2. The molecule has 0 aliphatic carbocycles. The number of carbonyl (C=O) groups is 2. The third-order valence-electron chi connectivity index (χ3n) is 2.00. The van der Waals surface area contributed by atoms with Gasteiger partial charge in [-0.1, -0.05) is 6.92 Å². The second kappa shape index (κ2) is 5.27. The van der Waals surface area contributed by atoms with Gasteiger partial charge in [-0.15, -0.1) is 0 Å². The van der Waals surface area contributed by atoms with Crippen LogP contribution in [0, 0.1) is 0 Å². The molecule has 1 aromatic rings. The first kappa shape index (κ1) is 12.2. The van der Waals surface area contributed by atoms with Gasteiger partial charge in [0.1, 0.15) is 0 Å². The Hall–Kier alpha value is -1.88. The number of benzene rings is 1. The van der Waals surface area contributed by atoms with Crippen LogP contribution in [0.5, 0.6) is 0 Å². The van der Waals surface area contributed by atoms with Crippen LogP contribution in [-0.2, 0) is 9.53 Å². The van der Waals surface area contributed by atoms with Crippen LogP contribution in [0.4, 0.5) is 5.69 Å². The van der Waals surface area contributed by atoms with Crippen LogP contribution >= 0.6 is 0 Å². The fraction of sp³-hybridized carbons (Fsp3) is 0.273. The molecule has 0 bridgehead atoms. The molecule has 1 aromatic carbocycles. The van der Waals surface area contributed by atoms with Gasteiger partial charge in [0.2, 0.25) is 0 Å². The molecule has 3 N–H and O–H groups in total. The molecule has 0 amide bonds. The molecule has 0 radical (unpaired) electrons. The maximum absolute atomic E-state index is 11.4. The molecule has 86 valence electrons. The Morgan fingerprint density at radius 2 is 1.94 bits per heavy atom. The van der Waals surface area contributed by atoms with Crippen molar-refractivity contribution in [2.24, 2.45) is 0 Å². The van der Waals surface area contributed by atoms with E-state index in [1.807, 2.05) is 0 Å². The molecule has 0 heterocycles. The van der Waals surface area contributed by atoms with Crippen LogP contribution in [-0.4, -0.2) is 23.1 Å². The predicted molar refractivity (Wildman–Crippen MR) is 57.6 cm³/mol. The average Bonchev–Trinajstić information content (AvgIpc) is 2.28. The van der Waals surface area contributed by atoms with Crippen molar-refractivity contribution < 1.29 is 19.4 Å². The standard InChI is InChI=1S/C11H13NO4/c1-2-9(13)11(15)16-10(14)7-3-5-8(12)6-4-7/h3-6,9,13H,2,12H2,1H3. The minimum Gasteiger partial charge on any atom is -0.399 e. The van der Waals surface area contributed by atoms with Gasteiger partial charge in [0.25, 0.3) is 0 Å². The third-order valence-corrected chi connectivity index (χ3v) is 2.00. The maximum atomic E-state index is 11.4. The van der Waals surface area contributed by atoms with E-state index in [1.54, 1.807) is 6.92 Å². The van der Waals surface area contributed by atoms with Crippen LogP contribution in [0.1, 0.15) is 23.7 Å². The fourth-order valence-electron chi connectivity index (χ4n) is 1.00. The van der Waals surface area contributed by atoms with Crippen molar-refractivity contribution in [1.82, 2.24) is 0 Å². The normalized spacial score (nSPS) is 11.9. The van der Waals surface area contributed by atoms with Crippen molar-refractivity contribution >= 4 is 17.6 Å². The lowest BCUT2D eigenvalue weighted by atomic mass is 10.2. The SMILES string of the molecule is CCC(O)C(=O)OC(=O)c1ccc(N)cc1. The quantitative estimate of drug-likeness (QED) is 0.447. The molecule has 0 aliphatic rings. The topological polar surface area (TPSA) is 89.6 Å². The number of aliphatic hydroxyl groups is 1. The number of nitrogen functional groups attached to an aromatic ring is 1. The highest BCUT2D eigenvalue weighted by molar-refractivity contribution is 5.97. The molecule has 1 rings (SSSR count). The van der Waals surface area contributed by atoms with E-state index in [0.717, 1.165) is 0 Å². The van der Waals surface area contributed by atoms with E-state index < -0.39 is 18.0 Å². The molecule has 0 saturated carbocycles. The van der Waals surface area contributed by atoms with E-state index in [4.69, 9.17) is 10.8 Å². The van der Waals surface area contributed by atoms with Crippen molar-refractivity contribution in [3.05, 3.63) is 29.8 Å². The number of anilines is 1. The number of ether oxygens (including phenoxy) is 1. The number of nitrogens with two attached hydrogens (primary N) is 1. The number of carbonyl (C=O) groups excluding carboxylic acids is 2. The predicted octanol–water partition coefficient (Wildman–Crippen LogP) is 0.723. The van der Waals surface area contributed by atoms with E-state index in [1.165, 1.54) is 24.3 Å². The van der Waals surface area contributed by atoms with E-state index in [9.17, 15) is 9.59 Å². The Labute approximate surface area is 92.8 Å². The number of hydrogen-bond acceptors (Lipinski definition) is 5. The molecule has 16 heavy (non-hydrogen) atoms. The van der Waals surface area contributed by atoms with Crippen LogP contribution in [0.15, 0.2) is 24.3 Å². The molecule has 0 aromatic heterocycles. The Morgan fingerprint density at radius 1 is 1.38 bits per heavy atom. The zero-order valence-electron chi connectivity index (χ0n) is 8.84. The van der Waals surface area contributed by atoms with E-state index >= 15 is 0 Å². The summed E-state index contributed by atoms with van der Waals surface area (Å²) in [7, 11) is 0. The molecule has 0 spiro atoms. The van der Waals surface area contributed by atoms with Crippen molar-refractivity contribution in [2.45, 2.75) is 19.4 Å². The first-order valence-electron chi connectivity index (χ1n) is 4.84. The molecular formula is C11H13NO4. The van der Waals surface area contributed by atoms with Crippen molar-refractivity contribution in [1.29, 1.82) is 0 Å².